The van der Waals surface area contributed by atoms with Crippen molar-refractivity contribution >= 4 is 5.78 Å². The first-order valence-corrected chi connectivity index (χ1v) is 10.1. The van der Waals surface area contributed by atoms with Crippen LogP contribution in [0.4, 0.5) is 0 Å². The molecule has 1 atom stereocenters. The number of ketones is 1. The quantitative estimate of drug-likeness (QED) is 0.294. The van der Waals surface area contributed by atoms with Gasteiger partial charge in [0.1, 0.15) is 6.10 Å². The van der Waals surface area contributed by atoms with Crippen molar-refractivity contribution in [3.63, 3.8) is 0 Å². The first kappa shape index (κ1) is 20.4. The monoisotopic (exact) mass is 352 g/mol. The third-order valence-corrected chi connectivity index (χ3v) is 4.68. The molecule has 0 aromatic heterocycles. The number of ether oxygens (including phenoxy) is 1. The van der Waals surface area contributed by atoms with Crippen LogP contribution in [0, 0.1) is 0 Å². The number of hydrogen-bond donors (Lipinski definition) is 0. The van der Waals surface area contributed by atoms with Gasteiger partial charge in [0.15, 0.2) is 5.78 Å². The standard InChI is InChI=1S/C24H32O2/c1-2-3-4-5-6-7-8-15-20-26-24(22-18-13-10-14-19-22)23(25)21-16-11-9-12-17-21/h9-14,16-19,24H,2-8,15,20H2,1H3. The summed E-state index contributed by atoms with van der Waals surface area (Å²) in [6.07, 6.45) is 9.59. The molecule has 0 saturated carbocycles. The molecule has 26 heavy (non-hydrogen) atoms. The van der Waals surface area contributed by atoms with Crippen LogP contribution in [0.5, 0.6) is 0 Å². The van der Waals surface area contributed by atoms with Gasteiger partial charge in [0.05, 0.1) is 0 Å². The van der Waals surface area contributed by atoms with Gasteiger partial charge in [-0.3, -0.25) is 4.79 Å². The molecular formula is C24H32O2. The number of hydrogen-bond acceptors (Lipinski definition) is 2. The van der Waals surface area contributed by atoms with Crippen molar-refractivity contribution < 1.29 is 9.53 Å². The molecule has 2 heteroatoms. The van der Waals surface area contributed by atoms with E-state index in [1.165, 1.54) is 44.9 Å². The summed E-state index contributed by atoms with van der Waals surface area (Å²) < 4.78 is 6.04. The van der Waals surface area contributed by atoms with Crippen molar-refractivity contribution in [3.05, 3.63) is 71.8 Å². The molecule has 0 aliphatic carbocycles. The number of Topliss-reactive ketones (excluding diaryl/α,β-unsaturated/α-hetero) is 1. The molecule has 0 bridgehead atoms. The van der Waals surface area contributed by atoms with Gasteiger partial charge in [-0.1, -0.05) is 113 Å². The Kier molecular flexibility index (Phi) is 9.74. The summed E-state index contributed by atoms with van der Waals surface area (Å²) in [5.74, 6) is 0.0383. The van der Waals surface area contributed by atoms with Gasteiger partial charge in [-0.25, -0.2) is 0 Å². The highest BCUT2D eigenvalue weighted by molar-refractivity contribution is 6.00. The number of rotatable bonds is 13. The van der Waals surface area contributed by atoms with E-state index in [1.54, 1.807) is 0 Å². The van der Waals surface area contributed by atoms with Crippen LogP contribution >= 0.6 is 0 Å². The minimum absolute atomic E-state index is 0.0383. The van der Waals surface area contributed by atoms with Crippen molar-refractivity contribution in [2.24, 2.45) is 0 Å². The lowest BCUT2D eigenvalue weighted by Crippen LogP contribution is -2.17. The summed E-state index contributed by atoms with van der Waals surface area (Å²) in [5, 5.41) is 0. The van der Waals surface area contributed by atoms with E-state index in [0.29, 0.717) is 12.2 Å². The molecule has 140 valence electrons. The van der Waals surface area contributed by atoms with Gasteiger partial charge in [0.2, 0.25) is 0 Å². The van der Waals surface area contributed by atoms with Gasteiger partial charge >= 0.3 is 0 Å². The molecule has 0 aliphatic rings. The average Bonchev–Trinajstić information content (AvgIpc) is 2.70. The van der Waals surface area contributed by atoms with Crippen molar-refractivity contribution in [1.82, 2.24) is 0 Å². The van der Waals surface area contributed by atoms with E-state index in [0.717, 1.165) is 12.0 Å². The summed E-state index contributed by atoms with van der Waals surface area (Å²) in [7, 11) is 0. The van der Waals surface area contributed by atoms with Crippen LogP contribution in [0.15, 0.2) is 60.7 Å². The smallest absolute Gasteiger partial charge is 0.196 e. The molecule has 2 nitrogen and oxygen atoms in total. The van der Waals surface area contributed by atoms with Crippen LogP contribution in [-0.2, 0) is 4.74 Å². The van der Waals surface area contributed by atoms with Crippen LogP contribution in [-0.4, -0.2) is 12.4 Å². The molecule has 0 fully saturated rings. The predicted molar refractivity (Wildman–Crippen MR) is 109 cm³/mol. The second-order valence-corrected chi connectivity index (χ2v) is 6.87. The summed E-state index contributed by atoms with van der Waals surface area (Å²) in [4.78, 5) is 12.9. The lowest BCUT2D eigenvalue weighted by atomic mass is 10.00. The van der Waals surface area contributed by atoms with Crippen LogP contribution in [0.3, 0.4) is 0 Å². The Morgan fingerprint density at radius 3 is 1.92 bits per heavy atom. The van der Waals surface area contributed by atoms with Crippen LogP contribution in [0.25, 0.3) is 0 Å². The molecule has 0 N–H and O–H groups in total. The van der Waals surface area contributed by atoms with E-state index in [9.17, 15) is 4.79 Å². The van der Waals surface area contributed by atoms with Gasteiger partial charge in [-0.15, -0.1) is 0 Å². The molecular weight excluding hydrogens is 320 g/mol. The molecule has 2 aromatic carbocycles. The summed E-state index contributed by atoms with van der Waals surface area (Å²) in [6.45, 7) is 2.88. The highest BCUT2D eigenvalue weighted by Crippen LogP contribution is 2.23. The molecule has 0 heterocycles. The maximum Gasteiger partial charge on any atom is 0.196 e. The number of unbranched alkanes of at least 4 members (excludes halogenated alkanes) is 7. The fourth-order valence-electron chi connectivity index (χ4n) is 3.14. The predicted octanol–water partition coefficient (Wildman–Crippen LogP) is 6.77. The number of carbonyl (C=O) groups is 1. The van der Waals surface area contributed by atoms with Crippen LogP contribution < -0.4 is 0 Å². The molecule has 0 radical (unpaired) electrons. The molecule has 1 unspecified atom stereocenters. The third kappa shape index (κ3) is 7.13. The Morgan fingerprint density at radius 1 is 0.769 bits per heavy atom. The largest absolute Gasteiger partial charge is 0.365 e. The van der Waals surface area contributed by atoms with Crippen molar-refractivity contribution in [2.45, 2.75) is 64.4 Å². The summed E-state index contributed by atoms with van der Waals surface area (Å²) in [6, 6.07) is 19.3. The fraction of sp³-hybridized carbons (Fsp3) is 0.458. The Hall–Kier alpha value is -1.93. The van der Waals surface area contributed by atoms with Crippen molar-refractivity contribution in [1.29, 1.82) is 0 Å². The van der Waals surface area contributed by atoms with Gasteiger partial charge in [0.25, 0.3) is 0 Å². The van der Waals surface area contributed by atoms with Gasteiger partial charge in [-0.2, -0.15) is 0 Å². The zero-order valence-corrected chi connectivity index (χ0v) is 16.0. The molecule has 0 saturated heterocycles. The number of benzene rings is 2. The Balaban J connectivity index is 1.81. The van der Waals surface area contributed by atoms with Gasteiger partial charge in [-0.05, 0) is 12.0 Å². The minimum Gasteiger partial charge on any atom is -0.365 e. The highest BCUT2D eigenvalue weighted by atomic mass is 16.5. The maximum absolute atomic E-state index is 12.9. The van der Waals surface area contributed by atoms with E-state index in [-0.39, 0.29) is 5.78 Å². The van der Waals surface area contributed by atoms with Crippen molar-refractivity contribution in [3.8, 4) is 0 Å². The maximum atomic E-state index is 12.9. The minimum atomic E-state index is -0.511. The van der Waals surface area contributed by atoms with Gasteiger partial charge < -0.3 is 4.74 Å². The normalized spacial score (nSPS) is 12.0. The Bertz CT molecular complexity index is 607. The van der Waals surface area contributed by atoms with Crippen LogP contribution in [0.1, 0.15) is 80.3 Å². The second-order valence-electron chi connectivity index (χ2n) is 6.87. The van der Waals surface area contributed by atoms with Crippen molar-refractivity contribution in [2.75, 3.05) is 6.61 Å². The third-order valence-electron chi connectivity index (χ3n) is 4.68. The molecule has 0 amide bonds. The second kappa shape index (κ2) is 12.4. The van der Waals surface area contributed by atoms with E-state index in [4.69, 9.17) is 4.74 Å². The summed E-state index contributed by atoms with van der Waals surface area (Å²) >= 11 is 0. The van der Waals surface area contributed by atoms with E-state index >= 15 is 0 Å². The van der Waals surface area contributed by atoms with E-state index < -0.39 is 6.10 Å². The Morgan fingerprint density at radius 2 is 1.31 bits per heavy atom. The van der Waals surface area contributed by atoms with Gasteiger partial charge in [0, 0.05) is 12.2 Å². The first-order valence-electron chi connectivity index (χ1n) is 10.1. The lowest BCUT2D eigenvalue weighted by molar-refractivity contribution is 0.0391. The Labute approximate surface area is 158 Å². The number of carbonyl (C=O) groups excluding carboxylic acids is 1. The summed E-state index contributed by atoms with van der Waals surface area (Å²) in [5.41, 5.74) is 1.64. The SMILES string of the molecule is CCCCCCCCCCOC(C(=O)c1ccccc1)c1ccccc1. The zero-order valence-electron chi connectivity index (χ0n) is 16.0. The molecule has 2 rings (SSSR count). The fourth-order valence-corrected chi connectivity index (χ4v) is 3.14. The lowest BCUT2D eigenvalue weighted by Gasteiger charge is -2.17. The first-order chi connectivity index (χ1) is 12.8. The van der Waals surface area contributed by atoms with E-state index in [2.05, 4.69) is 6.92 Å². The molecule has 0 spiro atoms. The molecule has 0 aliphatic heterocycles. The molecule has 2 aromatic rings. The topological polar surface area (TPSA) is 26.3 Å². The van der Waals surface area contributed by atoms with E-state index in [1.807, 2.05) is 60.7 Å². The average molecular weight is 353 g/mol. The van der Waals surface area contributed by atoms with Crippen LogP contribution in [0.2, 0.25) is 0 Å². The zero-order chi connectivity index (χ0) is 18.5. The highest BCUT2D eigenvalue weighted by Gasteiger charge is 2.22.